The first-order valence-electron chi connectivity index (χ1n) is 6.95. The van der Waals surface area contributed by atoms with Gasteiger partial charge in [0.15, 0.2) is 0 Å². The lowest BCUT2D eigenvalue weighted by molar-refractivity contribution is -0.138. The largest absolute Gasteiger partial charge is 0.481 e. The van der Waals surface area contributed by atoms with Crippen molar-refractivity contribution in [3.63, 3.8) is 0 Å². The van der Waals surface area contributed by atoms with E-state index in [0.717, 1.165) is 33.5 Å². The zero-order chi connectivity index (χ0) is 15.6. The first kappa shape index (κ1) is 15.8. The van der Waals surface area contributed by atoms with Crippen molar-refractivity contribution >= 4 is 21.9 Å². The summed E-state index contributed by atoms with van der Waals surface area (Å²) >= 11 is 3.53. The van der Waals surface area contributed by atoms with E-state index < -0.39 is 11.9 Å². The molecule has 1 heterocycles. The van der Waals surface area contributed by atoms with Crippen molar-refractivity contribution in [1.29, 1.82) is 0 Å². The van der Waals surface area contributed by atoms with Crippen LogP contribution in [0, 0.1) is 13.8 Å². The van der Waals surface area contributed by atoms with Crippen molar-refractivity contribution in [2.24, 2.45) is 0 Å². The lowest BCUT2D eigenvalue weighted by Crippen LogP contribution is -2.18. The second-order valence-electron chi connectivity index (χ2n) is 5.11. The molecule has 1 unspecified atom stereocenters. The summed E-state index contributed by atoms with van der Waals surface area (Å²) < 4.78 is 2.78. The fraction of sp³-hybridized carbons (Fsp3) is 0.375. The number of aryl methyl sites for hydroxylation is 3. The third kappa shape index (κ3) is 3.18. The Kier molecular flexibility index (Phi) is 4.83. The Bertz CT molecular complexity index is 664. The lowest BCUT2D eigenvalue weighted by Gasteiger charge is -2.16. The van der Waals surface area contributed by atoms with Gasteiger partial charge in [-0.05, 0) is 47.8 Å². The maximum atomic E-state index is 11.7. The van der Waals surface area contributed by atoms with Gasteiger partial charge >= 0.3 is 5.97 Å². The molecule has 0 aliphatic rings. The Hall–Kier alpha value is -1.62. The SMILES string of the molecule is CCn1nc(C)c(Br)c1CC(C(=O)O)c1ccccc1C. The van der Waals surface area contributed by atoms with Gasteiger partial charge in [0.05, 0.1) is 21.8 Å². The number of benzene rings is 1. The molecular formula is C16H19BrN2O2. The smallest absolute Gasteiger partial charge is 0.311 e. The number of hydrogen-bond acceptors (Lipinski definition) is 2. The monoisotopic (exact) mass is 350 g/mol. The predicted octanol–water partition coefficient (Wildman–Crippen LogP) is 3.69. The summed E-state index contributed by atoms with van der Waals surface area (Å²) in [7, 11) is 0. The van der Waals surface area contributed by atoms with E-state index in [1.54, 1.807) is 0 Å². The number of nitrogens with zero attached hydrogens (tertiary/aromatic N) is 2. The number of carboxylic acids is 1. The highest BCUT2D eigenvalue weighted by Gasteiger charge is 2.25. The minimum Gasteiger partial charge on any atom is -0.481 e. The van der Waals surface area contributed by atoms with E-state index in [0.29, 0.717) is 6.42 Å². The molecule has 0 fully saturated rings. The van der Waals surface area contributed by atoms with E-state index in [1.807, 2.05) is 49.7 Å². The topological polar surface area (TPSA) is 55.1 Å². The molecule has 1 atom stereocenters. The number of hydrogen-bond donors (Lipinski definition) is 1. The number of aromatic nitrogens is 2. The third-order valence-electron chi connectivity index (χ3n) is 3.71. The van der Waals surface area contributed by atoms with Gasteiger partial charge in [-0.1, -0.05) is 24.3 Å². The van der Waals surface area contributed by atoms with Gasteiger partial charge in [0.1, 0.15) is 0 Å². The molecule has 0 bridgehead atoms. The minimum absolute atomic E-state index is 0.426. The number of halogens is 1. The molecule has 0 spiro atoms. The Morgan fingerprint density at radius 3 is 2.62 bits per heavy atom. The molecule has 2 rings (SSSR count). The van der Waals surface area contributed by atoms with Crippen molar-refractivity contribution in [3.8, 4) is 0 Å². The van der Waals surface area contributed by atoms with Crippen LogP contribution in [0.15, 0.2) is 28.7 Å². The molecule has 1 N–H and O–H groups in total. The summed E-state index contributed by atoms with van der Waals surface area (Å²) in [6, 6.07) is 7.65. The minimum atomic E-state index is -0.808. The van der Waals surface area contributed by atoms with E-state index in [4.69, 9.17) is 0 Å². The van der Waals surface area contributed by atoms with Crippen molar-refractivity contribution in [3.05, 3.63) is 51.3 Å². The normalized spacial score (nSPS) is 12.4. The van der Waals surface area contributed by atoms with E-state index in [9.17, 15) is 9.90 Å². The van der Waals surface area contributed by atoms with Crippen molar-refractivity contribution in [2.75, 3.05) is 0 Å². The molecule has 112 valence electrons. The highest BCUT2D eigenvalue weighted by atomic mass is 79.9. The van der Waals surface area contributed by atoms with Crippen LogP contribution in [-0.2, 0) is 17.8 Å². The molecule has 1 aromatic carbocycles. The molecule has 5 heteroatoms. The van der Waals surface area contributed by atoms with Gasteiger partial charge in [-0.15, -0.1) is 0 Å². The molecule has 0 saturated heterocycles. The highest BCUT2D eigenvalue weighted by Crippen LogP contribution is 2.29. The van der Waals surface area contributed by atoms with Crippen LogP contribution in [0.1, 0.15) is 35.4 Å². The van der Waals surface area contributed by atoms with E-state index in [1.165, 1.54) is 0 Å². The number of rotatable bonds is 5. The van der Waals surface area contributed by atoms with Crippen LogP contribution in [0.2, 0.25) is 0 Å². The summed E-state index contributed by atoms with van der Waals surface area (Å²) in [4.78, 5) is 11.7. The summed E-state index contributed by atoms with van der Waals surface area (Å²) in [6.45, 7) is 6.60. The van der Waals surface area contributed by atoms with Crippen LogP contribution in [0.5, 0.6) is 0 Å². The van der Waals surface area contributed by atoms with Crippen LogP contribution >= 0.6 is 15.9 Å². The van der Waals surface area contributed by atoms with Crippen molar-refractivity contribution in [1.82, 2.24) is 9.78 Å². The van der Waals surface area contributed by atoms with Gasteiger partial charge < -0.3 is 5.11 Å². The lowest BCUT2D eigenvalue weighted by atomic mass is 9.91. The van der Waals surface area contributed by atoms with Gasteiger partial charge in [0.2, 0.25) is 0 Å². The highest BCUT2D eigenvalue weighted by molar-refractivity contribution is 9.10. The Balaban J connectivity index is 2.43. The van der Waals surface area contributed by atoms with E-state index in [2.05, 4.69) is 21.0 Å². The molecule has 0 amide bonds. The van der Waals surface area contributed by atoms with Gasteiger partial charge in [-0.3, -0.25) is 9.48 Å². The average Bonchev–Trinajstić information content (AvgIpc) is 2.72. The van der Waals surface area contributed by atoms with Crippen LogP contribution in [0.3, 0.4) is 0 Å². The van der Waals surface area contributed by atoms with Crippen LogP contribution in [0.4, 0.5) is 0 Å². The van der Waals surface area contributed by atoms with E-state index in [-0.39, 0.29) is 0 Å². The molecule has 4 nitrogen and oxygen atoms in total. The Labute approximate surface area is 132 Å². The van der Waals surface area contributed by atoms with Gasteiger partial charge in [-0.25, -0.2) is 0 Å². The summed E-state index contributed by atoms with van der Waals surface area (Å²) in [5.41, 5.74) is 3.69. The van der Waals surface area contributed by atoms with Crippen LogP contribution in [-0.4, -0.2) is 20.9 Å². The van der Waals surface area contributed by atoms with Crippen LogP contribution < -0.4 is 0 Å². The van der Waals surface area contributed by atoms with Gasteiger partial charge in [-0.2, -0.15) is 5.10 Å². The fourth-order valence-corrected chi connectivity index (χ4v) is 3.01. The van der Waals surface area contributed by atoms with Crippen LogP contribution in [0.25, 0.3) is 0 Å². The third-order valence-corrected chi connectivity index (χ3v) is 4.74. The first-order valence-corrected chi connectivity index (χ1v) is 7.75. The average molecular weight is 351 g/mol. The molecule has 0 saturated carbocycles. The van der Waals surface area contributed by atoms with Gasteiger partial charge in [0.25, 0.3) is 0 Å². The maximum absolute atomic E-state index is 11.7. The molecule has 0 aliphatic heterocycles. The molecular weight excluding hydrogens is 332 g/mol. The zero-order valence-corrected chi connectivity index (χ0v) is 14.0. The summed E-state index contributed by atoms with van der Waals surface area (Å²) in [5.74, 6) is -1.37. The zero-order valence-electron chi connectivity index (χ0n) is 12.4. The molecule has 21 heavy (non-hydrogen) atoms. The number of carbonyl (C=O) groups is 1. The second-order valence-corrected chi connectivity index (χ2v) is 5.91. The first-order chi connectivity index (χ1) is 9.95. The molecule has 0 radical (unpaired) electrons. The number of carboxylic acid groups (broad SMARTS) is 1. The molecule has 1 aromatic heterocycles. The standard InChI is InChI=1S/C16H19BrN2O2/c1-4-19-14(15(17)11(3)18-19)9-13(16(20)21)12-8-6-5-7-10(12)2/h5-8,13H,4,9H2,1-3H3,(H,20,21). The quantitative estimate of drug-likeness (QED) is 0.894. The Morgan fingerprint density at radius 1 is 1.38 bits per heavy atom. The number of aliphatic carboxylic acids is 1. The Morgan fingerprint density at radius 2 is 2.05 bits per heavy atom. The maximum Gasteiger partial charge on any atom is 0.311 e. The van der Waals surface area contributed by atoms with Crippen molar-refractivity contribution in [2.45, 2.75) is 39.7 Å². The predicted molar refractivity (Wildman–Crippen MR) is 85.6 cm³/mol. The second kappa shape index (κ2) is 6.43. The molecule has 0 aliphatic carbocycles. The molecule has 2 aromatic rings. The summed E-state index contributed by atoms with van der Waals surface area (Å²) in [6.07, 6.45) is 0.426. The van der Waals surface area contributed by atoms with Gasteiger partial charge in [0, 0.05) is 13.0 Å². The fourth-order valence-electron chi connectivity index (χ4n) is 2.57. The van der Waals surface area contributed by atoms with E-state index >= 15 is 0 Å². The van der Waals surface area contributed by atoms with Crippen molar-refractivity contribution < 1.29 is 9.90 Å². The summed E-state index contributed by atoms with van der Waals surface area (Å²) in [5, 5.41) is 14.1.